The van der Waals surface area contributed by atoms with Crippen molar-refractivity contribution in [3.8, 4) is 0 Å². The number of hydrogen-bond acceptors (Lipinski definition) is 4. The number of ether oxygens (including phenoxy) is 1. The summed E-state index contributed by atoms with van der Waals surface area (Å²) in [7, 11) is 0. The molecule has 0 aromatic carbocycles. The molecule has 6 heteroatoms. The molecule has 1 saturated heterocycles. The first-order valence-electron chi connectivity index (χ1n) is 6.41. The highest BCUT2D eigenvalue weighted by Gasteiger charge is 2.17. The second-order valence-electron chi connectivity index (χ2n) is 4.54. The Balaban J connectivity index is 1.94. The van der Waals surface area contributed by atoms with Crippen LogP contribution < -0.4 is 5.32 Å². The molecule has 2 heterocycles. The van der Waals surface area contributed by atoms with Gasteiger partial charge in [-0.05, 0) is 30.5 Å². The van der Waals surface area contributed by atoms with Gasteiger partial charge in [0.25, 0.3) is 5.91 Å². The Kier molecular flexibility index (Phi) is 4.84. The van der Waals surface area contributed by atoms with Gasteiger partial charge in [-0.2, -0.15) is 0 Å². The summed E-state index contributed by atoms with van der Waals surface area (Å²) in [4.78, 5) is 26.4. The van der Waals surface area contributed by atoms with E-state index in [4.69, 9.17) is 9.84 Å². The number of hydrogen-bond donors (Lipinski definition) is 2. The Hall–Kier alpha value is -2.21. The van der Waals surface area contributed by atoms with Crippen molar-refractivity contribution in [2.75, 3.05) is 13.2 Å². The zero-order chi connectivity index (χ0) is 14.4. The third-order valence-corrected chi connectivity index (χ3v) is 2.93. The summed E-state index contributed by atoms with van der Waals surface area (Å²) in [5.41, 5.74) is 0.938. The molecule has 0 bridgehead atoms. The van der Waals surface area contributed by atoms with Crippen LogP contribution in [-0.2, 0) is 9.53 Å². The maximum absolute atomic E-state index is 11.9. The number of rotatable bonds is 4. The Labute approximate surface area is 116 Å². The number of aromatic nitrogens is 1. The summed E-state index contributed by atoms with van der Waals surface area (Å²) in [6.07, 6.45) is 5.76. The van der Waals surface area contributed by atoms with Crippen molar-refractivity contribution in [2.24, 2.45) is 0 Å². The lowest BCUT2D eigenvalue weighted by Gasteiger charge is -2.22. The highest BCUT2D eigenvalue weighted by molar-refractivity contribution is 5.92. The lowest BCUT2D eigenvalue weighted by Crippen LogP contribution is -2.40. The Bertz CT molecular complexity index is 504. The molecule has 1 fully saturated rings. The molecule has 1 aliphatic rings. The number of nitrogens with zero attached hydrogens (tertiary/aromatic N) is 1. The molecule has 1 atom stereocenters. The third-order valence-electron chi connectivity index (χ3n) is 2.93. The number of carboxylic acids is 1. The Morgan fingerprint density at radius 2 is 2.30 bits per heavy atom. The van der Waals surface area contributed by atoms with Crippen molar-refractivity contribution in [2.45, 2.75) is 18.9 Å². The molecule has 0 spiro atoms. The van der Waals surface area contributed by atoms with Crippen LogP contribution in [0.1, 0.15) is 28.9 Å². The van der Waals surface area contributed by atoms with Gasteiger partial charge in [0.15, 0.2) is 0 Å². The number of amides is 1. The standard InChI is InChI=1S/C14H16N2O4/c17-13(18)6-4-10-3-5-12(15-8-10)14(19)16-11-2-1-7-20-9-11/h3-6,8,11H,1-2,7,9H2,(H,16,19)(H,17,18). The van der Waals surface area contributed by atoms with Crippen LogP contribution in [0, 0.1) is 0 Å². The van der Waals surface area contributed by atoms with Gasteiger partial charge in [0.1, 0.15) is 5.69 Å². The van der Waals surface area contributed by atoms with Crippen LogP contribution in [0.3, 0.4) is 0 Å². The Morgan fingerprint density at radius 3 is 2.90 bits per heavy atom. The van der Waals surface area contributed by atoms with Crippen LogP contribution >= 0.6 is 0 Å². The average molecular weight is 276 g/mol. The summed E-state index contributed by atoms with van der Waals surface area (Å²) in [5, 5.41) is 11.4. The maximum Gasteiger partial charge on any atom is 0.328 e. The van der Waals surface area contributed by atoms with E-state index >= 15 is 0 Å². The van der Waals surface area contributed by atoms with Crippen molar-refractivity contribution in [3.05, 3.63) is 35.7 Å². The van der Waals surface area contributed by atoms with Crippen molar-refractivity contribution < 1.29 is 19.4 Å². The number of carboxylic acid groups (broad SMARTS) is 1. The van der Waals surface area contributed by atoms with E-state index in [1.54, 1.807) is 12.1 Å². The average Bonchev–Trinajstić information content (AvgIpc) is 2.46. The molecule has 106 valence electrons. The molecular weight excluding hydrogens is 260 g/mol. The minimum Gasteiger partial charge on any atom is -0.478 e. The summed E-state index contributed by atoms with van der Waals surface area (Å²) in [6.45, 7) is 1.28. The van der Waals surface area contributed by atoms with Gasteiger partial charge in [0, 0.05) is 18.9 Å². The van der Waals surface area contributed by atoms with E-state index in [-0.39, 0.29) is 11.9 Å². The molecule has 0 saturated carbocycles. The molecule has 1 unspecified atom stereocenters. The molecule has 0 radical (unpaired) electrons. The minimum atomic E-state index is -1.02. The van der Waals surface area contributed by atoms with Crippen LogP contribution in [-0.4, -0.2) is 41.2 Å². The topological polar surface area (TPSA) is 88.5 Å². The maximum atomic E-state index is 11.9. The molecule has 1 aliphatic heterocycles. The molecule has 0 aliphatic carbocycles. The molecule has 1 amide bonds. The monoisotopic (exact) mass is 276 g/mol. The predicted octanol–water partition coefficient (Wildman–Crippen LogP) is 1.09. The first-order valence-corrected chi connectivity index (χ1v) is 6.41. The van der Waals surface area contributed by atoms with E-state index in [9.17, 15) is 9.59 Å². The smallest absolute Gasteiger partial charge is 0.328 e. The first kappa shape index (κ1) is 14.2. The van der Waals surface area contributed by atoms with E-state index in [2.05, 4.69) is 10.3 Å². The van der Waals surface area contributed by atoms with Crippen molar-refractivity contribution in [1.82, 2.24) is 10.3 Å². The lowest BCUT2D eigenvalue weighted by atomic mass is 10.1. The fraction of sp³-hybridized carbons (Fsp3) is 0.357. The fourth-order valence-corrected chi connectivity index (χ4v) is 1.92. The van der Waals surface area contributed by atoms with Crippen LogP contribution in [0.2, 0.25) is 0 Å². The van der Waals surface area contributed by atoms with Gasteiger partial charge in [0.05, 0.1) is 12.6 Å². The largest absolute Gasteiger partial charge is 0.478 e. The van der Waals surface area contributed by atoms with E-state index in [1.165, 1.54) is 12.3 Å². The molecule has 1 aromatic heterocycles. The second kappa shape index (κ2) is 6.81. The summed E-state index contributed by atoms with van der Waals surface area (Å²) in [6, 6.07) is 3.25. The Morgan fingerprint density at radius 1 is 1.45 bits per heavy atom. The summed E-state index contributed by atoms with van der Waals surface area (Å²) >= 11 is 0. The van der Waals surface area contributed by atoms with Crippen molar-refractivity contribution >= 4 is 18.0 Å². The van der Waals surface area contributed by atoms with E-state index < -0.39 is 5.97 Å². The van der Waals surface area contributed by atoms with E-state index in [0.717, 1.165) is 25.5 Å². The van der Waals surface area contributed by atoms with Gasteiger partial charge in [-0.25, -0.2) is 4.79 Å². The normalized spacial score (nSPS) is 18.9. The number of carbonyl (C=O) groups is 2. The number of carbonyl (C=O) groups excluding carboxylic acids is 1. The van der Waals surface area contributed by atoms with E-state index in [0.29, 0.717) is 17.9 Å². The fourth-order valence-electron chi connectivity index (χ4n) is 1.92. The predicted molar refractivity (Wildman–Crippen MR) is 72.2 cm³/mol. The van der Waals surface area contributed by atoms with Gasteiger partial charge in [-0.1, -0.05) is 6.07 Å². The van der Waals surface area contributed by atoms with Crippen LogP contribution in [0.15, 0.2) is 24.4 Å². The molecule has 6 nitrogen and oxygen atoms in total. The second-order valence-corrected chi connectivity index (χ2v) is 4.54. The zero-order valence-corrected chi connectivity index (χ0v) is 10.9. The van der Waals surface area contributed by atoms with Gasteiger partial charge >= 0.3 is 5.97 Å². The zero-order valence-electron chi connectivity index (χ0n) is 10.9. The summed E-state index contributed by atoms with van der Waals surface area (Å²) < 4.78 is 5.29. The van der Waals surface area contributed by atoms with Crippen LogP contribution in [0.25, 0.3) is 6.08 Å². The highest BCUT2D eigenvalue weighted by Crippen LogP contribution is 2.07. The van der Waals surface area contributed by atoms with E-state index in [1.807, 2.05) is 0 Å². The lowest BCUT2D eigenvalue weighted by molar-refractivity contribution is -0.131. The van der Waals surface area contributed by atoms with Gasteiger partial charge in [-0.15, -0.1) is 0 Å². The van der Waals surface area contributed by atoms with Crippen LogP contribution in [0.5, 0.6) is 0 Å². The molecular formula is C14H16N2O4. The van der Waals surface area contributed by atoms with Crippen LogP contribution in [0.4, 0.5) is 0 Å². The number of aliphatic carboxylic acids is 1. The van der Waals surface area contributed by atoms with Gasteiger partial charge in [-0.3, -0.25) is 9.78 Å². The molecule has 20 heavy (non-hydrogen) atoms. The minimum absolute atomic E-state index is 0.0321. The first-order chi connectivity index (χ1) is 9.65. The molecule has 2 N–H and O–H groups in total. The quantitative estimate of drug-likeness (QED) is 0.804. The number of nitrogens with one attached hydrogen (secondary N) is 1. The molecule has 2 rings (SSSR count). The molecule has 1 aromatic rings. The van der Waals surface area contributed by atoms with Gasteiger partial charge in [0.2, 0.25) is 0 Å². The SMILES string of the molecule is O=C(O)C=Cc1ccc(C(=O)NC2CCCOC2)nc1. The third kappa shape index (κ3) is 4.17. The van der Waals surface area contributed by atoms with Crippen molar-refractivity contribution in [1.29, 1.82) is 0 Å². The van der Waals surface area contributed by atoms with Crippen molar-refractivity contribution in [3.63, 3.8) is 0 Å². The van der Waals surface area contributed by atoms with Gasteiger partial charge < -0.3 is 15.2 Å². The highest BCUT2D eigenvalue weighted by atomic mass is 16.5. The summed E-state index contributed by atoms with van der Waals surface area (Å²) in [5.74, 6) is -1.27. The number of pyridine rings is 1.